The maximum absolute atomic E-state index is 14.0. The van der Waals surface area contributed by atoms with Gasteiger partial charge in [0.15, 0.2) is 0 Å². The number of rotatable bonds is 4. The third-order valence-corrected chi connectivity index (χ3v) is 4.71. The van der Waals surface area contributed by atoms with Crippen molar-refractivity contribution in [1.29, 1.82) is 0 Å². The predicted molar refractivity (Wildman–Crippen MR) is 73.7 cm³/mol. The van der Waals surface area contributed by atoms with Gasteiger partial charge in [0.05, 0.1) is 10.9 Å². The molecule has 1 aliphatic carbocycles. The van der Waals surface area contributed by atoms with Crippen molar-refractivity contribution in [1.82, 2.24) is 20.2 Å². The van der Waals surface area contributed by atoms with Gasteiger partial charge in [0, 0.05) is 6.54 Å². The molecule has 0 radical (unpaired) electrons. The van der Waals surface area contributed by atoms with E-state index in [0.717, 1.165) is 18.4 Å². The van der Waals surface area contributed by atoms with Crippen LogP contribution in [0.15, 0.2) is 28.3 Å². The molecule has 1 fully saturated rings. The molecule has 2 N–H and O–H groups in total. The van der Waals surface area contributed by atoms with Crippen LogP contribution < -0.4 is 5.73 Å². The monoisotopic (exact) mass is 293 g/mol. The molecule has 0 unspecified atom stereocenters. The molecular formula is C13H16FN5S. The van der Waals surface area contributed by atoms with Gasteiger partial charge in [0.2, 0.25) is 5.16 Å². The Labute approximate surface area is 120 Å². The molecule has 1 saturated carbocycles. The van der Waals surface area contributed by atoms with E-state index >= 15 is 0 Å². The maximum atomic E-state index is 14.0. The molecule has 0 aliphatic heterocycles. The molecule has 0 bridgehead atoms. The third kappa shape index (κ3) is 2.55. The number of nitrogens with two attached hydrogens (primary N) is 1. The third-order valence-electron chi connectivity index (χ3n) is 3.59. The van der Waals surface area contributed by atoms with Crippen LogP contribution in [0.3, 0.4) is 0 Å². The Morgan fingerprint density at radius 1 is 1.35 bits per heavy atom. The van der Waals surface area contributed by atoms with Crippen LogP contribution in [0.1, 0.15) is 37.3 Å². The van der Waals surface area contributed by atoms with Crippen molar-refractivity contribution in [3.8, 4) is 0 Å². The molecule has 20 heavy (non-hydrogen) atoms. The molecule has 0 atom stereocenters. The van der Waals surface area contributed by atoms with Crippen LogP contribution in [0.4, 0.5) is 4.39 Å². The number of aromatic nitrogens is 4. The summed E-state index contributed by atoms with van der Waals surface area (Å²) >= 11 is 1.26. The van der Waals surface area contributed by atoms with Gasteiger partial charge in [-0.15, -0.1) is 5.10 Å². The fraction of sp³-hybridized carbons (Fsp3) is 0.462. The Kier molecular flexibility index (Phi) is 3.98. The predicted octanol–water partition coefficient (Wildman–Crippen LogP) is 2.54. The second-order valence-electron chi connectivity index (χ2n) is 4.88. The highest BCUT2D eigenvalue weighted by Gasteiger charge is 2.23. The summed E-state index contributed by atoms with van der Waals surface area (Å²) in [5.41, 5.74) is 6.44. The highest BCUT2D eigenvalue weighted by atomic mass is 32.2. The maximum Gasteiger partial charge on any atom is 0.214 e. The van der Waals surface area contributed by atoms with Crippen LogP contribution in [0.2, 0.25) is 0 Å². The smallest absolute Gasteiger partial charge is 0.214 e. The molecule has 1 heterocycles. The zero-order valence-electron chi connectivity index (χ0n) is 11.0. The Bertz CT molecular complexity index is 594. The molecule has 1 aliphatic rings. The fourth-order valence-corrected chi connectivity index (χ4v) is 3.54. The summed E-state index contributed by atoms with van der Waals surface area (Å²) in [6.45, 7) is 0.297. The van der Waals surface area contributed by atoms with Gasteiger partial charge in [0.1, 0.15) is 5.82 Å². The summed E-state index contributed by atoms with van der Waals surface area (Å²) < 4.78 is 15.8. The van der Waals surface area contributed by atoms with E-state index in [1.165, 1.54) is 30.7 Å². The van der Waals surface area contributed by atoms with E-state index in [1.807, 2.05) is 10.7 Å². The molecule has 1 aromatic heterocycles. The zero-order valence-corrected chi connectivity index (χ0v) is 11.8. The minimum atomic E-state index is -0.279. The average molecular weight is 293 g/mol. The number of tetrazole rings is 1. The Morgan fingerprint density at radius 2 is 2.15 bits per heavy atom. The lowest BCUT2D eigenvalue weighted by Gasteiger charge is -2.12. The van der Waals surface area contributed by atoms with E-state index in [2.05, 4.69) is 15.5 Å². The zero-order chi connectivity index (χ0) is 13.9. The fourth-order valence-electron chi connectivity index (χ4n) is 2.55. The van der Waals surface area contributed by atoms with E-state index < -0.39 is 0 Å². The first-order valence-electron chi connectivity index (χ1n) is 6.72. The van der Waals surface area contributed by atoms with Gasteiger partial charge in [-0.2, -0.15) is 0 Å². The second kappa shape index (κ2) is 5.88. The first kappa shape index (κ1) is 13.5. The first-order chi connectivity index (χ1) is 9.79. The topological polar surface area (TPSA) is 69.6 Å². The molecule has 1 aromatic carbocycles. The van der Waals surface area contributed by atoms with Crippen molar-refractivity contribution in [2.45, 2.75) is 48.3 Å². The summed E-state index contributed by atoms with van der Waals surface area (Å²) in [6.07, 6.45) is 4.56. The molecule has 7 heteroatoms. The minimum Gasteiger partial charge on any atom is -0.326 e. The molecule has 0 amide bonds. The number of hydrogen-bond acceptors (Lipinski definition) is 5. The number of hydrogen-bond donors (Lipinski definition) is 1. The molecule has 3 rings (SSSR count). The van der Waals surface area contributed by atoms with E-state index in [0.29, 0.717) is 22.6 Å². The van der Waals surface area contributed by atoms with Crippen molar-refractivity contribution in [3.63, 3.8) is 0 Å². The Balaban J connectivity index is 1.90. The lowest BCUT2D eigenvalue weighted by atomic mass is 10.2. The molecule has 5 nitrogen and oxygen atoms in total. The van der Waals surface area contributed by atoms with Crippen LogP contribution in [0, 0.1) is 5.82 Å². The van der Waals surface area contributed by atoms with Crippen molar-refractivity contribution in [2.75, 3.05) is 0 Å². The normalized spacial score (nSPS) is 15.9. The van der Waals surface area contributed by atoms with E-state index in [4.69, 9.17) is 5.73 Å². The quantitative estimate of drug-likeness (QED) is 0.938. The van der Waals surface area contributed by atoms with Gasteiger partial charge in [0.25, 0.3) is 0 Å². The number of nitrogens with zero attached hydrogens (tertiary/aromatic N) is 4. The number of benzene rings is 1. The van der Waals surface area contributed by atoms with Gasteiger partial charge in [-0.3, -0.25) is 0 Å². The highest BCUT2D eigenvalue weighted by molar-refractivity contribution is 7.99. The highest BCUT2D eigenvalue weighted by Crippen LogP contribution is 2.35. The molecule has 106 valence electrons. The summed E-state index contributed by atoms with van der Waals surface area (Å²) in [5.74, 6) is -0.279. The van der Waals surface area contributed by atoms with Crippen molar-refractivity contribution in [3.05, 3.63) is 29.6 Å². The summed E-state index contributed by atoms with van der Waals surface area (Å²) in [5, 5.41) is 12.5. The van der Waals surface area contributed by atoms with E-state index in [-0.39, 0.29) is 5.82 Å². The van der Waals surface area contributed by atoms with Gasteiger partial charge in [-0.05, 0) is 46.7 Å². The van der Waals surface area contributed by atoms with Gasteiger partial charge in [-0.25, -0.2) is 9.07 Å². The minimum absolute atomic E-state index is 0.279. The molecule has 0 saturated heterocycles. The van der Waals surface area contributed by atoms with Gasteiger partial charge < -0.3 is 5.73 Å². The first-order valence-corrected chi connectivity index (χ1v) is 7.54. The second-order valence-corrected chi connectivity index (χ2v) is 5.86. The lowest BCUT2D eigenvalue weighted by molar-refractivity contribution is 0.423. The Morgan fingerprint density at radius 3 is 2.90 bits per heavy atom. The van der Waals surface area contributed by atoms with Crippen LogP contribution in [-0.4, -0.2) is 20.2 Å². The molecule has 2 aromatic rings. The summed E-state index contributed by atoms with van der Waals surface area (Å²) in [6, 6.07) is 5.27. The van der Waals surface area contributed by atoms with Crippen molar-refractivity contribution in [2.24, 2.45) is 5.73 Å². The molecule has 0 spiro atoms. The van der Waals surface area contributed by atoms with E-state index in [9.17, 15) is 4.39 Å². The summed E-state index contributed by atoms with van der Waals surface area (Å²) in [7, 11) is 0. The average Bonchev–Trinajstić information content (AvgIpc) is 3.11. The Hall–Kier alpha value is -1.47. The number of halogens is 1. The van der Waals surface area contributed by atoms with Crippen molar-refractivity contribution >= 4 is 11.8 Å². The van der Waals surface area contributed by atoms with Gasteiger partial charge >= 0.3 is 0 Å². The van der Waals surface area contributed by atoms with Crippen LogP contribution >= 0.6 is 11.8 Å². The lowest BCUT2D eigenvalue weighted by Crippen LogP contribution is -2.09. The van der Waals surface area contributed by atoms with E-state index in [1.54, 1.807) is 6.07 Å². The largest absolute Gasteiger partial charge is 0.326 e. The van der Waals surface area contributed by atoms with Gasteiger partial charge in [-0.1, -0.05) is 25.0 Å². The van der Waals surface area contributed by atoms with Crippen molar-refractivity contribution < 1.29 is 4.39 Å². The van der Waals surface area contributed by atoms with Crippen LogP contribution in [-0.2, 0) is 6.54 Å². The van der Waals surface area contributed by atoms with Crippen LogP contribution in [0.25, 0.3) is 0 Å². The standard InChI is InChI=1S/C13H16FN5S/c14-11-7-3-4-9(8-15)12(11)20-13-16-17-18-19(13)10-5-1-2-6-10/h3-4,7,10H,1-2,5-6,8,15H2. The van der Waals surface area contributed by atoms with Crippen LogP contribution in [0.5, 0.6) is 0 Å². The summed E-state index contributed by atoms with van der Waals surface area (Å²) in [4.78, 5) is 0.518. The SMILES string of the molecule is NCc1cccc(F)c1Sc1nnnn1C1CCCC1. The molecular weight excluding hydrogens is 277 g/mol.